The van der Waals surface area contributed by atoms with Crippen LogP contribution in [0, 0.1) is 0 Å². The molecular weight excluding hydrogens is 242 g/mol. The zero-order valence-corrected chi connectivity index (χ0v) is 9.85. The van der Waals surface area contributed by atoms with Gasteiger partial charge in [0.05, 0.1) is 30.6 Å². The van der Waals surface area contributed by atoms with Crippen molar-refractivity contribution in [1.29, 1.82) is 0 Å². The first kappa shape index (κ1) is 10.9. The van der Waals surface area contributed by atoms with Gasteiger partial charge in [0.2, 0.25) is 0 Å². The minimum Gasteiger partial charge on any atom is -0.373 e. The van der Waals surface area contributed by atoms with E-state index in [2.05, 4.69) is 15.3 Å². The van der Waals surface area contributed by atoms with Gasteiger partial charge in [0.25, 0.3) is 5.91 Å². The van der Waals surface area contributed by atoms with Crippen LogP contribution in [-0.4, -0.2) is 34.1 Å². The van der Waals surface area contributed by atoms with E-state index in [0.29, 0.717) is 6.10 Å². The Morgan fingerprint density at radius 2 is 2.35 bits per heavy atom. The van der Waals surface area contributed by atoms with Crippen LogP contribution in [0.15, 0.2) is 12.4 Å². The molecule has 0 radical (unpaired) electrons. The van der Waals surface area contributed by atoms with Gasteiger partial charge in [-0.15, -0.1) is 0 Å². The Morgan fingerprint density at radius 1 is 1.47 bits per heavy atom. The fourth-order valence-electron chi connectivity index (χ4n) is 2.48. The van der Waals surface area contributed by atoms with Crippen molar-refractivity contribution in [2.75, 3.05) is 0 Å². The Morgan fingerprint density at radius 3 is 3.00 bits per heavy atom. The Kier molecular flexibility index (Phi) is 2.72. The minimum atomic E-state index is -0.235. The third-order valence-corrected chi connectivity index (χ3v) is 3.44. The maximum Gasteiger partial charge on any atom is 0.271 e. The number of carbonyl (C=O) groups is 1. The van der Waals surface area contributed by atoms with E-state index in [1.807, 2.05) is 0 Å². The molecule has 1 aromatic heterocycles. The van der Waals surface area contributed by atoms with Gasteiger partial charge in [0.1, 0.15) is 10.8 Å². The van der Waals surface area contributed by atoms with E-state index in [0.717, 1.165) is 19.3 Å². The van der Waals surface area contributed by atoms with E-state index in [1.165, 1.54) is 12.4 Å². The van der Waals surface area contributed by atoms with Crippen molar-refractivity contribution >= 4 is 17.5 Å². The molecule has 2 saturated heterocycles. The first-order valence-corrected chi connectivity index (χ1v) is 6.04. The third kappa shape index (κ3) is 2.12. The van der Waals surface area contributed by atoms with E-state index in [-0.39, 0.29) is 28.9 Å². The molecule has 0 spiro atoms. The summed E-state index contributed by atoms with van der Waals surface area (Å²) in [6.07, 6.45) is 6.32. The molecule has 2 aliphatic rings. The maximum absolute atomic E-state index is 11.9. The highest BCUT2D eigenvalue weighted by atomic mass is 35.5. The average Bonchev–Trinajstić information content (AvgIpc) is 2.91. The van der Waals surface area contributed by atoms with Gasteiger partial charge < -0.3 is 10.1 Å². The number of rotatable bonds is 2. The molecule has 2 fully saturated rings. The van der Waals surface area contributed by atoms with Crippen molar-refractivity contribution < 1.29 is 9.53 Å². The summed E-state index contributed by atoms with van der Waals surface area (Å²) in [5, 5.41) is 3.15. The molecule has 0 aromatic carbocycles. The minimum absolute atomic E-state index is 0.0991. The van der Waals surface area contributed by atoms with Gasteiger partial charge >= 0.3 is 0 Å². The van der Waals surface area contributed by atoms with Crippen molar-refractivity contribution in [1.82, 2.24) is 15.3 Å². The summed E-state index contributed by atoms with van der Waals surface area (Å²) >= 11 is 5.69. The highest BCUT2D eigenvalue weighted by molar-refractivity contribution is 6.29. The topological polar surface area (TPSA) is 64.1 Å². The van der Waals surface area contributed by atoms with E-state index >= 15 is 0 Å². The molecule has 3 atom stereocenters. The van der Waals surface area contributed by atoms with Crippen molar-refractivity contribution in [2.24, 2.45) is 0 Å². The number of nitrogens with one attached hydrogen (secondary N) is 1. The molecule has 1 aromatic rings. The molecule has 1 amide bonds. The first-order valence-electron chi connectivity index (χ1n) is 5.66. The molecule has 17 heavy (non-hydrogen) atoms. The third-order valence-electron chi connectivity index (χ3n) is 3.26. The van der Waals surface area contributed by atoms with E-state index in [1.54, 1.807) is 0 Å². The summed E-state index contributed by atoms with van der Waals surface area (Å²) in [7, 11) is 0. The smallest absolute Gasteiger partial charge is 0.271 e. The molecular formula is C11H12ClN3O2. The van der Waals surface area contributed by atoms with Crippen LogP contribution in [-0.2, 0) is 4.74 Å². The monoisotopic (exact) mass is 253 g/mol. The molecule has 6 heteroatoms. The molecule has 90 valence electrons. The number of ether oxygens (including phenoxy) is 1. The second kappa shape index (κ2) is 4.23. The lowest BCUT2D eigenvalue weighted by atomic mass is 9.95. The number of hydrogen-bond acceptors (Lipinski definition) is 4. The van der Waals surface area contributed by atoms with Gasteiger partial charge in [-0.25, -0.2) is 4.98 Å². The summed E-state index contributed by atoms with van der Waals surface area (Å²) in [6.45, 7) is 0. The largest absolute Gasteiger partial charge is 0.373 e. The van der Waals surface area contributed by atoms with Gasteiger partial charge in [-0.1, -0.05) is 11.6 Å². The predicted octanol–water partition coefficient (Wildman–Crippen LogP) is 1.18. The lowest BCUT2D eigenvalue weighted by molar-refractivity contribution is 0.0837. The Labute approximate surface area is 104 Å². The first-order chi connectivity index (χ1) is 8.22. The van der Waals surface area contributed by atoms with Gasteiger partial charge in [0, 0.05) is 0 Å². The van der Waals surface area contributed by atoms with Gasteiger partial charge in [0.15, 0.2) is 0 Å². The van der Waals surface area contributed by atoms with Crippen molar-refractivity contribution in [3.8, 4) is 0 Å². The fourth-order valence-corrected chi connectivity index (χ4v) is 2.63. The number of hydrogen-bond donors (Lipinski definition) is 1. The molecule has 0 saturated carbocycles. The summed E-state index contributed by atoms with van der Waals surface area (Å²) < 4.78 is 5.67. The normalized spacial score (nSPS) is 30.5. The van der Waals surface area contributed by atoms with Crippen LogP contribution in [0.5, 0.6) is 0 Å². The quantitative estimate of drug-likeness (QED) is 0.860. The van der Waals surface area contributed by atoms with Crippen LogP contribution < -0.4 is 5.32 Å². The van der Waals surface area contributed by atoms with Gasteiger partial charge in [-0.05, 0) is 19.3 Å². The van der Waals surface area contributed by atoms with Crippen molar-refractivity contribution in [3.63, 3.8) is 0 Å². The maximum atomic E-state index is 11.9. The number of nitrogens with zero attached hydrogens (tertiary/aromatic N) is 2. The molecule has 5 nitrogen and oxygen atoms in total. The number of fused-ring (bicyclic) bond motifs is 2. The average molecular weight is 254 g/mol. The highest BCUT2D eigenvalue weighted by Gasteiger charge is 2.41. The molecule has 1 N–H and O–H groups in total. The molecule has 2 aliphatic heterocycles. The standard InChI is InChI=1S/C11H12ClN3O2/c12-10-5-13-4-8(14-10)11(16)15-7-3-6-1-2-9(7)17-6/h4-7,9H,1-3H2,(H,15,16). The van der Waals surface area contributed by atoms with Crippen LogP contribution >= 0.6 is 11.6 Å². The summed E-state index contributed by atoms with van der Waals surface area (Å²) in [5.74, 6) is -0.235. The lowest BCUT2D eigenvalue weighted by Gasteiger charge is -2.19. The number of halogens is 1. The molecule has 3 heterocycles. The lowest BCUT2D eigenvalue weighted by Crippen LogP contribution is -2.41. The van der Waals surface area contributed by atoms with Crippen LogP contribution in [0.1, 0.15) is 29.8 Å². The van der Waals surface area contributed by atoms with Crippen molar-refractivity contribution in [2.45, 2.75) is 37.5 Å². The van der Waals surface area contributed by atoms with Crippen LogP contribution in [0.2, 0.25) is 5.15 Å². The van der Waals surface area contributed by atoms with E-state index in [4.69, 9.17) is 16.3 Å². The number of amides is 1. The molecule has 3 rings (SSSR count). The summed E-state index contributed by atoms with van der Waals surface area (Å²) in [6, 6.07) is 0.0991. The van der Waals surface area contributed by atoms with Gasteiger partial charge in [-0.2, -0.15) is 0 Å². The van der Waals surface area contributed by atoms with E-state index in [9.17, 15) is 4.79 Å². The van der Waals surface area contributed by atoms with Crippen LogP contribution in [0.25, 0.3) is 0 Å². The number of carbonyl (C=O) groups excluding carboxylic acids is 1. The summed E-state index contributed by atoms with van der Waals surface area (Å²) in [4.78, 5) is 19.7. The fraction of sp³-hybridized carbons (Fsp3) is 0.545. The Balaban J connectivity index is 1.68. The summed E-state index contributed by atoms with van der Waals surface area (Å²) in [5.41, 5.74) is 0.250. The molecule has 3 unspecified atom stereocenters. The zero-order chi connectivity index (χ0) is 11.8. The van der Waals surface area contributed by atoms with Crippen molar-refractivity contribution in [3.05, 3.63) is 23.2 Å². The second-order valence-electron chi connectivity index (χ2n) is 4.42. The number of aromatic nitrogens is 2. The predicted molar refractivity (Wildman–Crippen MR) is 60.8 cm³/mol. The Bertz CT molecular complexity index is 454. The highest BCUT2D eigenvalue weighted by Crippen LogP contribution is 2.34. The van der Waals surface area contributed by atoms with Crippen LogP contribution in [0.4, 0.5) is 0 Å². The SMILES string of the molecule is O=C(NC1CC2CCC1O2)c1cncc(Cl)n1. The molecule has 2 bridgehead atoms. The zero-order valence-electron chi connectivity index (χ0n) is 9.10. The van der Waals surface area contributed by atoms with E-state index < -0.39 is 0 Å². The second-order valence-corrected chi connectivity index (χ2v) is 4.80. The molecule has 0 aliphatic carbocycles. The van der Waals surface area contributed by atoms with Gasteiger partial charge in [-0.3, -0.25) is 9.78 Å². The van der Waals surface area contributed by atoms with Crippen LogP contribution in [0.3, 0.4) is 0 Å². The Hall–Kier alpha value is -1.20.